The van der Waals surface area contributed by atoms with E-state index in [1.54, 1.807) is 18.2 Å². The fourth-order valence-corrected chi connectivity index (χ4v) is 2.70. The molecule has 0 fully saturated rings. The topological polar surface area (TPSA) is 93.1 Å². The Balaban J connectivity index is 1.54. The highest BCUT2D eigenvalue weighted by molar-refractivity contribution is 6.31. The van der Waals surface area contributed by atoms with Crippen LogP contribution >= 0.6 is 11.6 Å². The highest BCUT2D eigenvalue weighted by Gasteiger charge is 2.10. The van der Waals surface area contributed by atoms with Crippen molar-refractivity contribution in [3.05, 3.63) is 75.8 Å². The maximum absolute atomic E-state index is 12.4. The molecule has 1 aromatic heterocycles. The molecule has 138 valence electrons. The standard InChI is InChI=1S/C19H17ClN4O3/c20-14-6-7-16-15(10-14)18(26)24(12-22-16)9-8-17(25)23-19(27)21-11-13-4-2-1-3-5-13/h1-7,10,12H,8-9,11H2,(H2,21,23,25,27). The number of aromatic nitrogens is 2. The second kappa shape index (κ2) is 8.46. The van der Waals surface area contributed by atoms with E-state index in [1.165, 1.54) is 10.9 Å². The molecule has 0 aliphatic rings. The largest absolute Gasteiger partial charge is 0.334 e. The highest BCUT2D eigenvalue weighted by Crippen LogP contribution is 2.14. The Bertz CT molecular complexity index is 1030. The lowest BCUT2D eigenvalue weighted by atomic mass is 10.2. The first-order valence-electron chi connectivity index (χ1n) is 8.29. The Kier molecular flexibility index (Phi) is 5.83. The van der Waals surface area contributed by atoms with Crippen molar-refractivity contribution in [2.45, 2.75) is 19.5 Å². The quantitative estimate of drug-likeness (QED) is 0.706. The van der Waals surface area contributed by atoms with Crippen LogP contribution in [0.3, 0.4) is 0 Å². The summed E-state index contributed by atoms with van der Waals surface area (Å²) in [6.45, 7) is 0.418. The Hall–Kier alpha value is -3.19. The van der Waals surface area contributed by atoms with Crippen LogP contribution in [0.15, 0.2) is 59.7 Å². The van der Waals surface area contributed by atoms with Gasteiger partial charge in [0.05, 0.1) is 17.2 Å². The van der Waals surface area contributed by atoms with Gasteiger partial charge < -0.3 is 5.32 Å². The summed E-state index contributed by atoms with van der Waals surface area (Å²) in [6.07, 6.45) is 1.34. The van der Waals surface area contributed by atoms with Crippen molar-refractivity contribution in [3.63, 3.8) is 0 Å². The lowest BCUT2D eigenvalue weighted by Gasteiger charge is -2.08. The molecule has 0 saturated heterocycles. The molecule has 0 unspecified atom stereocenters. The normalized spacial score (nSPS) is 10.6. The van der Waals surface area contributed by atoms with Crippen LogP contribution in [0.2, 0.25) is 5.02 Å². The van der Waals surface area contributed by atoms with Crippen LogP contribution in [0.4, 0.5) is 4.79 Å². The summed E-state index contributed by atoms with van der Waals surface area (Å²) in [4.78, 5) is 40.3. The van der Waals surface area contributed by atoms with Gasteiger partial charge in [0.25, 0.3) is 5.56 Å². The molecule has 0 atom stereocenters. The van der Waals surface area contributed by atoms with Gasteiger partial charge in [0.15, 0.2) is 0 Å². The fraction of sp³-hybridized carbons (Fsp3) is 0.158. The first kappa shape index (κ1) is 18.6. The Morgan fingerprint density at radius 2 is 1.89 bits per heavy atom. The van der Waals surface area contributed by atoms with Crippen molar-refractivity contribution < 1.29 is 9.59 Å². The van der Waals surface area contributed by atoms with Crippen molar-refractivity contribution in [1.29, 1.82) is 0 Å². The number of nitrogens with zero attached hydrogens (tertiary/aromatic N) is 2. The number of rotatable bonds is 5. The Labute approximate surface area is 160 Å². The Morgan fingerprint density at radius 3 is 2.67 bits per heavy atom. The third kappa shape index (κ3) is 4.92. The molecule has 7 nitrogen and oxygen atoms in total. The molecular formula is C19H17ClN4O3. The van der Waals surface area contributed by atoms with E-state index in [1.807, 2.05) is 30.3 Å². The molecule has 1 heterocycles. The van der Waals surface area contributed by atoms with Gasteiger partial charge in [0.2, 0.25) is 5.91 Å². The average molecular weight is 385 g/mol. The van der Waals surface area contributed by atoms with E-state index in [4.69, 9.17) is 11.6 Å². The van der Waals surface area contributed by atoms with Gasteiger partial charge >= 0.3 is 6.03 Å². The van der Waals surface area contributed by atoms with Gasteiger partial charge in [-0.15, -0.1) is 0 Å². The summed E-state index contributed by atoms with van der Waals surface area (Å²) in [6, 6.07) is 13.6. The summed E-state index contributed by atoms with van der Waals surface area (Å²) in [5.74, 6) is -0.487. The van der Waals surface area contributed by atoms with Gasteiger partial charge in [-0.25, -0.2) is 9.78 Å². The smallest absolute Gasteiger partial charge is 0.321 e. The van der Waals surface area contributed by atoms with E-state index >= 15 is 0 Å². The van der Waals surface area contributed by atoms with Gasteiger partial charge in [-0.1, -0.05) is 41.9 Å². The van der Waals surface area contributed by atoms with Gasteiger partial charge in [0.1, 0.15) is 0 Å². The van der Waals surface area contributed by atoms with Crippen LogP contribution in [0.1, 0.15) is 12.0 Å². The number of carbonyl (C=O) groups is 2. The predicted molar refractivity (Wildman–Crippen MR) is 102 cm³/mol. The molecule has 0 aliphatic heterocycles. The van der Waals surface area contributed by atoms with Crippen molar-refractivity contribution in [1.82, 2.24) is 20.2 Å². The van der Waals surface area contributed by atoms with E-state index in [0.29, 0.717) is 22.5 Å². The number of carbonyl (C=O) groups excluding carboxylic acids is 2. The predicted octanol–water partition coefficient (Wildman–Crippen LogP) is 2.47. The number of benzene rings is 2. The molecular weight excluding hydrogens is 368 g/mol. The Morgan fingerprint density at radius 1 is 1.11 bits per heavy atom. The molecule has 0 bridgehead atoms. The third-order valence-electron chi connectivity index (χ3n) is 3.91. The van der Waals surface area contributed by atoms with Crippen molar-refractivity contribution in [2.75, 3.05) is 0 Å². The number of urea groups is 1. The van der Waals surface area contributed by atoms with Gasteiger partial charge in [0, 0.05) is 24.5 Å². The number of fused-ring (bicyclic) bond motifs is 1. The second-order valence-electron chi connectivity index (χ2n) is 5.87. The number of hydrogen-bond donors (Lipinski definition) is 2. The SMILES string of the molecule is O=C(CCn1cnc2ccc(Cl)cc2c1=O)NC(=O)NCc1ccccc1. The first-order chi connectivity index (χ1) is 13.0. The summed E-state index contributed by atoms with van der Waals surface area (Å²) in [5, 5.41) is 5.66. The number of nitrogens with one attached hydrogen (secondary N) is 2. The molecule has 8 heteroatoms. The van der Waals surface area contributed by atoms with Crippen LogP contribution in [0, 0.1) is 0 Å². The number of imide groups is 1. The van der Waals surface area contributed by atoms with Crippen LogP contribution in [0.25, 0.3) is 10.9 Å². The second-order valence-corrected chi connectivity index (χ2v) is 6.31. The van der Waals surface area contributed by atoms with Crippen LogP contribution in [-0.2, 0) is 17.9 Å². The van der Waals surface area contributed by atoms with Crippen molar-refractivity contribution in [2.24, 2.45) is 0 Å². The van der Waals surface area contributed by atoms with Crippen LogP contribution < -0.4 is 16.2 Å². The van der Waals surface area contributed by atoms with Crippen LogP contribution in [-0.4, -0.2) is 21.5 Å². The number of hydrogen-bond acceptors (Lipinski definition) is 4. The molecule has 3 aromatic rings. The monoisotopic (exact) mass is 384 g/mol. The first-order valence-corrected chi connectivity index (χ1v) is 8.67. The lowest BCUT2D eigenvalue weighted by molar-refractivity contribution is -0.120. The molecule has 0 saturated carbocycles. The average Bonchev–Trinajstić information content (AvgIpc) is 2.67. The minimum Gasteiger partial charge on any atom is -0.334 e. The van der Waals surface area contributed by atoms with E-state index in [9.17, 15) is 14.4 Å². The molecule has 2 N–H and O–H groups in total. The van der Waals surface area contributed by atoms with Crippen molar-refractivity contribution >= 4 is 34.4 Å². The minimum atomic E-state index is -0.584. The molecule has 0 radical (unpaired) electrons. The maximum atomic E-state index is 12.4. The van der Waals surface area contributed by atoms with E-state index in [2.05, 4.69) is 15.6 Å². The zero-order valence-electron chi connectivity index (χ0n) is 14.3. The zero-order valence-corrected chi connectivity index (χ0v) is 15.1. The summed E-state index contributed by atoms with van der Waals surface area (Å²) < 4.78 is 1.32. The molecule has 27 heavy (non-hydrogen) atoms. The van der Waals surface area contributed by atoms with Crippen molar-refractivity contribution in [3.8, 4) is 0 Å². The molecule has 3 amide bonds. The van der Waals surface area contributed by atoms with Gasteiger partial charge in [-0.3, -0.25) is 19.5 Å². The molecule has 2 aromatic carbocycles. The summed E-state index contributed by atoms with van der Waals surface area (Å²) >= 11 is 5.92. The fourth-order valence-electron chi connectivity index (χ4n) is 2.52. The van der Waals surface area contributed by atoms with Gasteiger partial charge in [-0.05, 0) is 23.8 Å². The summed E-state index contributed by atoms with van der Waals surface area (Å²) in [5.41, 5.74) is 1.17. The van der Waals surface area contributed by atoms with Gasteiger partial charge in [-0.2, -0.15) is 0 Å². The number of aryl methyl sites for hydroxylation is 1. The van der Waals surface area contributed by atoms with Crippen LogP contribution in [0.5, 0.6) is 0 Å². The molecule has 0 aliphatic carbocycles. The highest BCUT2D eigenvalue weighted by atomic mass is 35.5. The third-order valence-corrected chi connectivity index (χ3v) is 4.15. The lowest BCUT2D eigenvalue weighted by Crippen LogP contribution is -2.39. The molecule has 0 spiro atoms. The minimum absolute atomic E-state index is 0.0353. The molecule has 3 rings (SSSR count). The number of halogens is 1. The van der Waals surface area contributed by atoms with E-state index in [0.717, 1.165) is 5.56 Å². The van der Waals surface area contributed by atoms with E-state index in [-0.39, 0.29) is 18.5 Å². The van der Waals surface area contributed by atoms with E-state index < -0.39 is 11.9 Å². The summed E-state index contributed by atoms with van der Waals surface area (Å²) in [7, 11) is 0. The maximum Gasteiger partial charge on any atom is 0.321 e. The number of amides is 3. The zero-order chi connectivity index (χ0) is 19.2.